The maximum Gasteiger partial charge on any atom is 0.231 e. The lowest BCUT2D eigenvalue weighted by Gasteiger charge is -2.22. The third-order valence-electron chi connectivity index (χ3n) is 4.39. The smallest absolute Gasteiger partial charge is 0.231 e. The SMILES string of the molecule is Cc1cc(N2CCCCCC2)nc(NC(=S)NCc2ccccc2Cl)n1. The molecule has 3 rings (SSSR count). The van der Waals surface area contributed by atoms with Crippen LogP contribution in [0.15, 0.2) is 30.3 Å². The number of anilines is 2. The van der Waals surface area contributed by atoms with Crippen molar-refractivity contribution >= 4 is 40.7 Å². The largest absolute Gasteiger partial charge is 0.358 e. The number of halogens is 1. The Bertz CT molecular complexity index is 759. The zero-order valence-corrected chi connectivity index (χ0v) is 16.5. The van der Waals surface area contributed by atoms with Crippen molar-refractivity contribution in [3.05, 3.63) is 46.6 Å². The zero-order chi connectivity index (χ0) is 18.4. The van der Waals surface area contributed by atoms with E-state index in [2.05, 4.69) is 25.5 Å². The van der Waals surface area contributed by atoms with E-state index in [4.69, 9.17) is 23.8 Å². The van der Waals surface area contributed by atoms with Crippen molar-refractivity contribution in [1.29, 1.82) is 0 Å². The molecule has 2 N–H and O–H groups in total. The molecule has 1 aromatic carbocycles. The van der Waals surface area contributed by atoms with Crippen LogP contribution in [0.3, 0.4) is 0 Å². The van der Waals surface area contributed by atoms with Crippen LogP contribution in [-0.2, 0) is 6.54 Å². The van der Waals surface area contributed by atoms with E-state index in [0.717, 1.165) is 35.2 Å². The maximum atomic E-state index is 6.17. The summed E-state index contributed by atoms with van der Waals surface area (Å²) in [6.07, 6.45) is 5.01. The minimum Gasteiger partial charge on any atom is -0.358 e. The molecular weight excluding hydrogens is 366 g/mol. The molecule has 0 radical (unpaired) electrons. The summed E-state index contributed by atoms with van der Waals surface area (Å²) in [5.74, 6) is 1.50. The number of benzene rings is 1. The Morgan fingerprint density at radius 2 is 1.88 bits per heavy atom. The summed E-state index contributed by atoms with van der Waals surface area (Å²) in [7, 11) is 0. The van der Waals surface area contributed by atoms with Gasteiger partial charge in [-0.1, -0.05) is 42.6 Å². The van der Waals surface area contributed by atoms with Crippen molar-refractivity contribution in [3.8, 4) is 0 Å². The summed E-state index contributed by atoms with van der Waals surface area (Å²) < 4.78 is 0. The standard InChI is InChI=1S/C19H24ClN5S/c1-14-12-17(25-10-6-2-3-7-11-25)23-18(22-14)24-19(26)21-13-15-8-4-5-9-16(15)20/h4-5,8-9,12H,2-3,6-7,10-11,13H2,1H3,(H2,21,22,23,24,26). The van der Waals surface area contributed by atoms with Crippen LogP contribution in [-0.4, -0.2) is 28.2 Å². The van der Waals surface area contributed by atoms with Gasteiger partial charge in [-0.05, 0) is 43.6 Å². The molecule has 2 heterocycles. The number of nitrogens with one attached hydrogen (secondary N) is 2. The van der Waals surface area contributed by atoms with E-state index in [1.54, 1.807) is 0 Å². The Morgan fingerprint density at radius 3 is 2.62 bits per heavy atom. The summed E-state index contributed by atoms with van der Waals surface area (Å²) in [5, 5.41) is 7.46. The Kier molecular flexibility index (Phi) is 6.63. The normalized spacial score (nSPS) is 14.6. The van der Waals surface area contributed by atoms with E-state index < -0.39 is 0 Å². The first kappa shape index (κ1) is 18.9. The highest BCUT2D eigenvalue weighted by molar-refractivity contribution is 7.80. The molecule has 0 spiro atoms. The lowest BCUT2D eigenvalue weighted by Crippen LogP contribution is -2.30. The van der Waals surface area contributed by atoms with Gasteiger partial charge in [-0.15, -0.1) is 0 Å². The number of hydrogen-bond donors (Lipinski definition) is 2. The second-order valence-corrected chi connectivity index (χ2v) is 7.31. The van der Waals surface area contributed by atoms with Crippen LogP contribution < -0.4 is 15.5 Å². The summed E-state index contributed by atoms with van der Waals surface area (Å²) in [5.41, 5.74) is 1.92. The van der Waals surface area contributed by atoms with Crippen molar-refractivity contribution in [2.24, 2.45) is 0 Å². The number of rotatable bonds is 4. The van der Waals surface area contributed by atoms with Gasteiger partial charge in [0.25, 0.3) is 0 Å². The second-order valence-electron chi connectivity index (χ2n) is 6.49. The molecular formula is C19H24ClN5S. The fourth-order valence-electron chi connectivity index (χ4n) is 3.03. The van der Waals surface area contributed by atoms with Gasteiger partial charge in [-0.3, -0.25) is 0 Å². The number of aromatic nitrogens is 2. The third kappa shape index (κ3) is 5.29. The van der Waals surface area contributed by atoms with Crippen molar-refractivity contribution in [3.63, 3.8) is 0 Å². The molecule has 0 amide bonds. The minimum absolute atomic E-state index is 0.484. The summed E-state index contributed by atoms with van der Waals surface area (Å²) >= 11 is 11.6. The molecule has 0 atom stereocenters. The maximum absolute atomic E-state index is 6.17. The van der Waals surface area contributed by atoms with Gasteiger partial charge in [0.05, 0.1) is 0 Å². The van der Waals surface area contributed by atoms with Crippen LogP contribution in [0.5, 0.6) is 0 Å². The van der Waals surface area contributed by atoms with Gasteiger partial charge in [0.15, 0.2) is 5.11 Å². The topological polar surface area (TPSA) is 53.1 Å². The predicted octanol–water partition coefficient (Wildman–Crippen LogP) is 4.31. The highest BCUT2D eigenvalue weighted by Gasteiger charge is 2.13. The van der Waals surface area contributed by atoms with Gasteiger partial charge in [0.1, 0.15) is 5.82 Å². The molecule has 0 bridgehead atoms. The molecule has 1 aromatic heterocycles. The van der Waals surface area contributed by atoms with E-state index in [0.29, 0.717) is 17.6 Å². The van der Waals surface area contributed by atoms with Crippen molar-refractivity contribution in [2.75, 3.05) is 23.3 Å². The van der Waals surface area contributed by atoms with Gasteiger partial charge in [-0.25, -0.2) is 4.98 Å². The van der Waals surface area contributed by atoms with Crippen LogP contribution in [0, 0.1) is 6.92 Å². The molecule has 1 aliphatic heterocycles. The van der Waals surface area contributed by atoms with Crippen molar-refractivity contribution in [2.45, 2.75) is 39.2 Å². The Morgan fingerprint density at radius 1 is 1.15 bits per heavy atom. The van der Waals surface area contributed by atoms with E-state index in [-0.39, 0.29) is 0 Å². The van der Waals surface area contributed by atoms with Gasteiger partial charge in [0.2, 0.25) is 5.95 Å². The first-order chi connectivity index (χ1) is 12.6. The molecule has 0 unspecified atom stereocenters. The number of thiocarbonyl (C=S) groups is 1. The zero-order valence-electron chi connectivity index (χ0n) is 15.0. The molecule has 26 heavy (non-hydrogen) atoms. The molecule has 1 fully saturated rings. The van der Waals surface area contributed by atoms with Crippen molar-refractivity contribution in [1.82, 2.24) is 15.3 Å². The summed E-state index contributed by atoms with van der Waals surface area (Å²) in [6, 6.07) is 9.74. The molecule has 0 saturated carbocycles. The van der Waals surface area contributed by atoms with E-state index in [9.17, 15) is 0 Å². The molecule has 5 nitrogen and oxygen atoms in total. The fraction of sp³-hybridized carbons (Fsp3) is 0.421. The lowest BCUT2D eigenvalue weighted by atomic mass is 10.2. The molecule has 1 saturated heterocycles. The first-order valence-corrected chi connectivity index (χ1v) is 9.79. The molecule has 1 aliphatic rings. The molecule has 2 aromatic rings. The van der Waals surface area contributed by atoms with Crippen LogP contribution >= 0.6 is 23.8 Å². The second kappa shape index (κ2) is 9.14. The quantitative estimate of drug-likeness (QED) is 0.760. The van der Waals surface area contributed by atoms with Crippen LogP contribution in [0.1, 0.15) is 36.9 Å². The minimum atomic E-state index is 0.484. The Labute approximate surface area is 165 Å². The molecule has 7 heteroatoms. The summed E-state index contributed by atoms with van der Waals surface area (Å²) in [4.78, 5) is 11.5. The Balaban J connectivity index is 1.63. The Hall–Kier alpha value is -1.92. The van der Waals surface area contributed by atoms with Gasteiger partial charge >= 0.3 is 0 Å². The average molecular weight is 390 g/mol. The van der Waals surface area contributed by atoms with Crippen molar-refractivity contribution < 1.29 is 0 Å². The van der Waals surface area contributed by atoms with Gasteiger partial charge in [-0.2, -0.15) is 4.98 Å². The predicted molar refractivity (Wildman–Crippen MR) is 112 cm³/mol. The van der Waals surface area contributed by atoms with Crippen LogP contribution in [0.4, 0.5) is 11.8 Å². The van der Waals surface area contributed by atoms with E-state index >= 15 is 0 Å². The average Bonchev–Trinajstić information content (AvgIpc) is 2.90. The van der Waals surface area contributed by atoms with E-state index in [1.165, 1.54) is 25.7 Å². The van der Waals surface area contributed by atoms with E-state index in [1.807, 2.05) is 37.3 Å². The first-order valence-electron chi connectivity index (χ1n) is 9.01. The van der Waals surface area contributed by atoms with Gasteiger partial charge in [0, 0.05) is 36.4 Å². The monoisotopic (exact) mass is 389 g/mol. The van der Waals surface area contributed by atoms with Crippen LogP contribution in [0.2, 0.25) is 5.02 Å². The summed E-state index contributed by atoms with van der Waals surface area (Å²) in [6.45, 7) is 4.63. The number of hydrogen-bond acceptors (Lipinski definition) is 4. The fourth-order valence-corrected chi connectivity index (χ4v) is 3.40. The number of aryl methyl sites for hydroxylation is 1. The molecule has 138 valence electrons. The highest BCUT2D eigenvalue weighted by atomic mass is 35.5. The van der Waals surface area contributed by atoms with Gasteiger partial charge < -0.3 is 15.5 Å². The third-order valence-corrected chi connectivity index (χ3v) is 5.01. The van der Waals surface area contributed by atoms with Crippen LogP contribution in [0.25, 0.3) is 0 Å². The highest BCUT2D eigenvalue weighted by Crippen LogP contribution is 2.19. The number of nitrogens with zero attached hydrogens (tertiary/aromatic N) is 3. The lowest BCUT2D eigenvalue weighted by molar-refractivity contribution is 0.726. The molecule has 0 aliphatic carbocycles.